The number of anilines is 1. The number of carbonyl (C=O) groups is 2. The third-order valence-corrected chi connectivity index (χ3v) is 6.44. The van der Waals surface area contributed by atoms with E-state index in [0.717, 1.165) is 33.1 Å². The molecule has 0 saturated carbocycles. The zero-order valence-corrected chi connectivity index (χ0v) is 20.6. The van der Waals surface area contributed by atoms with E-state index in [1.165, 1.54) is 23.1 Å². The Morgan fingerprint density at radius 1 is 1.12 bits per heavy atom. The van der Waals surface area contributed by atoms with Crippen molar-refractivity contribution in [1.82, 2.24) is 10.2 Å². The van der Waals surface area contributed by atoms with Crippen molar-refractivity contribution in [1.29, 1.82) is 0 Å². The number of amides is 2. The Labute approximate surface area is 196 Å². The zero-order valence-electron chi connectivity index (χ0n) is 18.2. The van der Waals surface area contributed by atoms with Crippen molar-refractivity contribution in [3.8, 4) is 0 Å². The van der Waals surface area contributed by atoms with Gasteiger partial charge >= 0.3 is 0 Å². The van der Waals surface area contributed by atoms with Crippen LogP contribution in [0.5, 0.6) is 0 Å². The van der Waals surface area contributed by atoms with Gasteiger partial charge in [-0.15, -0.1) is 0 Å². The van der Waals surface area contributed by atoms with E-state index in [-0.39, 0.29) is 18.1 Å². The van der Waals surface area contributed by atoms with Crippen LogP contribution in [0.3, 0.4) is 0 Å². The molecule has 10 heteroatoms. The number of nitrogens with one attached hydrogen (secondary N) is 1. The van der Waals surface area contributed by atoms with Crippen molar-refractivity contribution < 1.29 is 22.4 Å². The molecule has 0 saturated heterocycles. The Morgan fingerprint density at radius 3 is 2.31 bits per heavy atom. The molecule has 1 N–H and O–H groups in total. The molecule has 0 unspecified atom stereocenters. The zero-order chi connectivity index (χ0) is 23.9. The van der Waals surface area contributed by atoms with E-state index in [0.29, 0.717) is 6.54 Å². The predicted octanol–water partition coefficient (Wildman–Crippen LogP) is 3.30. The highest BCUT2D eigenvalue weighted by atomic mass is 79.9. The number of sulfonamides is 1. The number of para-hydroxylation sites is 1. The molecule has 0 bridgehead atoms. The van der Waals surface area contributed by atoms with Crippen LogP contribution in [0, 0.1) is 5.82 Å². The summed E-state index contributed by atoms with van der Waals surface area (Å²) in [5.74, 6) is -1.74. The van der Waals surface area contributed by atoms with Gasteiger partial charge in [0.2, 0.25) is 21.8 Å². The molecule has 0 spiro atoms. The predicted molar refractivity (Wildman–Crippen MR) is 126 cm³/mol. The first-order chi connectivity index (χ1) is 15.0. The van der Waals surface area contributed by atoms with Crippen LogP contribution in [0.15, 0.2) is 53.0 Å². The second kappa shape index (κ2) is 11.4. The number of carbonyl (C=O) groups excluding carboxylic acids is 2. The maximum atomic E-state index is 14.3. The van der Waals surface area contributed by atoms with Gasteiger partial charge in [0.1, 0.15) is 18.4 Å². The summed E-state index contributed by atoms with van der Waals surface area (Å²) in [6.07, 6.45) is 1.64. The Bertz CT molecular complexity index is 1050. The molecule has 0 aliphatic rings. The first kappa shape index (κ1) is 25.8. The highest BCUT2D eigenvalue weighted by molar-refractivity contribution is 9.10. The lowest BCUT2D eigenvalue weighted by molar-refractivity contribution is -0.139. The van der Waals surface area contributed by atoms with Gasteiger partial charge in [0.05, 0.1) is 11.9 Å². The molecule has 2 rings (SSSR count). The number of halogens is 2. The molecule has 2 aromatic carbocycles. The average molecular weight is 528 g/mol. The lowest BCUT2D eigenvalue weighted by Crippen LogP contribution is -2.51. The lowest BCUT2D eigenvalue weighted by atomic mass is 10.1. The van der Waals surface area contributed by atoms with Crippen molar-refractivity contribution in [2.24, 2.45) is 0 Å². The molecule has 2 amide bonds. The van der Waals surface area contributed by atoms with Gasteiger partial charge < -0.3 is 10.2 Å². The molecule has 7 nitrogen and oxygen atoms in total. The normalized spacial score (nSPS) is 12.2. The summed E-state index contributed by atoms with van der Waals surface area (Å²) in [6.45, 7) is 3.39. The van der Waals surface area contributed by atoms with Gasteiger partial charge in [-0.3, -0.25) is 13.9 Å². The number of hydrogen-bond acceptors (Lipinski definition) is 4. The van der Waals surface area contributed by atoms with Crippen LogP contribution in [0.2, 0.25) is 0 Å². The van der Waals surface area contributed by atoms with Crippen molar-refractivity contribution in [3.05, 3.63) is 64.4 Å². The second-order valence-electron chi connectivity index (χ2n) is 7.34. The molecule has 0 heterocycles. The summed E-state index contributed by atoms with van der Waals surface area (Å²) in [6, 6.07) is 11.7. The van der Waals surface area contributed by atoms with Crippen LogP contribution in [0.1, 0.15) is 25.8 Å². The minimum absolute atomic E-state index is 0.0850. The summed E-state index contributed by atoms with van der Waals surface area (Å²) in [7, 11) is -3.97. The smallest absolute Gasteiger partial charge is 0.244 e. The summed E-state index contributed by atoms with van der Waals surface area (Å²) in [5, 5.41) is 2.75. The number of rotatable bonds is 10. The molecular formula is C22H27BrFN3O4S. The van der Waals surface area contributed by atoms with Crippen LogP contribution in [-0.4, -0.2) is 50.5 Å². The minimum atomic E-state index is -3.97. The van der Waals surface area contributed by atoms with Crippen molar-refractivity contribution in [2.45, 2.75) is 32.9 Å². The highest BCUT2D eigenvalue weighted by Gasteiger charge is 2.30. The Morgan fingerprint density at radius 2 is 1.75 bits per heavy atom. The summed E-state index contributed by atoms with van der Waals surface area (Å²) in [4.78, 5) is 27.2. The Kier molecular flexibility index (Phi) is 9.21. The van der Waals surface area contributed by atoms with Crippen molar-refractivity contribution >= 4 is 43.5 Å². The fraction of sp³-hybridized carbons (Fsp3) is 0.364. The molecule has 0 aromatic heterocycles. The van der Waals surface area contributed by atoms with Gasteiger partial charge in [-0.2, -0.15) is 0 Å². The van der Waals surface area contributed by atoms with Crippen LogP contribution in [0.25, 0.3) is 0 Å². The summed E-state index contributed by atoms with van der Waals surface area (Å²) >= 11 is 3.35. The topological polar surface area (TPSA) is 86.8 Å². The van der Waals surface area contributed by atoms with Gasteiger partial charge in [-0.05, 0) is 43.2 Å². The highest BCUT2D eigenvalue weighted by Crippen LogP contribution is 2.22. The first-order valence-electron chi connectivity index (χ1n) is 10.1. The molecule has 174 valence electrons. The third-order valence-electron chi connectivity index (χ3n) is 4.78. The maximum absolute atomic E-state index is 14.3. The molecule has 2 aromatic rings. The average Bonchev–Trinajstić information content (AvgIpc) is 2.74. The molecule has 0 radical (unpaired) electrons. The van der Waals surface area contributed by atoms with E-state index in [1.807, 2.05) is 19.1 Å². The molecule has 0 fully saturated rings. The first-order valence-corrected chi connectivity index (χ1v) is 12.7. The molecule has 1 atom stereocenters. The van der Waals surface area contributed by atoms with Crippen molar-refractivity contribution in [3.63, 3.8) is 0 Å². The Balaban J connectivity index is 2.37. The van der Waals surface area contributed by atoms with Crippen LogP contribution >= 0.6 is 15.9 Å². The minimum Gasteiger partial charge on any atom is -0.354 e. The van der Waals surface area contributed by atoms with E-state index < -0.39 is 34.3 Å². The quantitative estimate of drug-likeness (QED) is 0.513. The number of hydrogen-bond donors (Lipinski definition) is 1. The fourth-order valence-electron chi connectivity index (χ4n) is 3.01. The van der Waals surface area contributed by atoms with Gasteiger partial charge in [0.25, 0.3) is 0 Å². The maximum Gasteiger partial charge on any atom is 0.244 e. The fourth-order valence-corrected chi connectivity index (χ4v) is 4.13. The van der Waals surface area contributed by atoms with Crippen LogP contribution < -0.4 is 9.62 Å². The van der Waals surface area contributed by atoms with Crippen LogP contribution in [0.4, 0.5) is 10.1 Å². The van der Waals surface area contributed by atoms with Gasteiger partial charge in [-0.25, -0.2) is 12.8 Å². The number of nitrogens with zero attached hydrogens (tertiary/aromatic N) is 2. The number of benzene rings is 2. The van der Waals surface area contributed by atoms with E-state index in [2.05, 4.69) is 21.2 Å². The molecule has 0 aliphatic carbocycles. The molecule has 0 aliphatic heterocycles. The third kappa shape index (κ3) is 7.03. The van der Waals surface area contributed by atoms with Gasteiger partial charge in [0.15, 0.2) is 0 Å². The van der Waals surface area contributed by atoms with Gasteiger partial charge in [-0.1, -0.05) is 47.1 Å². The van der Waals surface area contributed by atoms with Crippen LogP contribution in [-0.2, 0) is 26.2 Å². The van der Waals surface area contributed by atoms with E-state index >= 15 is 0 Å². The monoisotopic (exact) mass is 527 g/mol. The van der Waals surface area contributed by atoms with E-state index in [4.69, 9.17) is 0 Å². The summed E-state index contributed by atoms with van der Waals surface area (Å²) in [5.41, 5.74) is 0.531. The lowest BCUT2D eigenvalue weighted by Gasteiger charge is -2.31. The van der Waals surface area contributed by atoms with E-state index in [9.17, 15) is 22.4 Å². The van der Waals surface area contributed by atoms with Gasteiger partial charge in [0, 0.05) is 17.6 Å². The molecular weight excluding hydrogens is 501 g/mol. The van der Waals surface area contributed by atoms with Crippen molar-refractivity contribution in [2.75, 3.05) is 23.7 Å². The molecule has 32 heavy (non-hydrogen) atoms. The largest absolute Gasteiger partial charge is 0.354 e. The Hall–Kier alpha value is -2.46. The SMILES string of the molecule is CCCNC(=O)[C@@H](C)N(Cc1ccc(Br)cc1)C(=O)CN(c1ccccc1F)S(C)(=O)=O. The standard InChI is InChI=1S/C22H27BrFN3O4S/c1-4-13-25-22(29)16(2)26(14-17-9-11-18(23)12-10-17)21(28)15-27(32(3,30)31)20-8-6-5-7-19(20)24/h5-12,16H,4,13-15H2,1-3H3,(H,25,29)/t16-/m1/s1. The van der Waals surface area contributed by atoms with E-state index in [1.54, 1.807) is 19.1 Å². The summed E-state index contributed by atoms with van der Waals surface area (Å²) < 4.78 is 40.7. The second-order valence-corrected chi connectivity index (χ2v) is 10.2.